The molecule has 6 heteroatoms. The summed E-state index contributed by atoms with van der Waals surface area (Å²) in [5.41, 5.74) is 2.66. The van der Waals surface area contributed by atoms with Crippen molar-refractivity contribution in [1.82, 2.24) is 9.80 Å². The van der Waals surface area contributed by atoms with Crippen LogP contribution in [0.3, 0.4) is 0 Å². The van der Waals surface area contributed by atoms with Gasteiger partial charge in [-0.25, -0.2) is 8.42 Å². The summed E-state index contributed by atoms with van der Waals surface area (Å²) in [6.07, 6.45) is 3.15. The second kappa shape index (κ2) is 11.4. The number of carbonyl (C=O) groups is 1. The van der Waals surface area contributed by atoms with Crippen LogP contribution >= 0.6 is 0 Å². The van der Waals surface area contributed by atoms with Gasteiger partial charge in [0.1, 0.15) is 0 Å². The summed E-state index contributed by atoms with van der Waals surface area (Å²) in [4.78, 5) is 17.8. The molecule has 0 aliphatic carbocycles. The lowest BCUT2D eigenvalue weighted by atomic mass is 10.1. The zero-order valence-corrected chi connectivity index (χ0v) is 20.3. The molecule has 0 bridgehead atoms. The first-order valence-corrected chi connectivity index (χ1v) is 13.6. The van der Waals surface area contributed by atoms with Gasteiger partial charge in [-0.15, -0.1) is 0 Å². The van der Waals surface area contributed by atoms with Crippen LogP contribution in [0.25, 0.3) is 0 Å². The van der Waals surface area contributed by atoms with Gasteiger partial charge in [0, 0.05) is 25.2 Å². The fraction of sp³-hybridized carbons (Fsp3) is 0.321. The molecule has 5 nitrogen and oxygen atoms in total. The predicted octanol–water partition coefficient (Wildman–Crippen LogP) is 4.44. The van der Waals surface area contributed by atoms with Gasteiger partial charge >= 0.3 is 0 Å². The average molecular weight is 477 g/mol. The van der Waals surface area contributed by atoms with Crippen molar-refractivity contribution in [2.24, 2.45) is 0 Å². The van der Waals surface area contributed by atoms with E-state index in [0.29, 0.717) is 22.6 Å². The number of sulfone groups is 1. The summed E-state index contributed by atoms with van der Waals surface area (Å²) in [5, 5.41) is 0. The van der Waals surface area contributed by atoms with E-state index >= 15 is 0 Å². The van der Waals surface area contributed by atoms with Gasteiger partial charge in [-0.3, -0.25) is 4.79 Å². The quantitative estimate of drug-likeness (QED) is 0.482. The number of rotatable bonds is 8. The molecular weight excluding hydrogens is 444 g/mol. The first-order chi connectivity index (χ1) is 16.5. The van der Waals surface area contributed by atoms with Crippen LogP contribution in [0.4, 0.5) is 0 Å². The van der Waals surface area contributed by atoms with Crippen LogP contribution in [0.15, 0.2) is 89.8 Å². The second-order valence-corrected chi connectivity index (χ2v) is 10.8. The molecular formula is C28H32N2O3S. The summed E-state index contributed by atoms with van der Waals surface area (Å²) in [5.74, 6) is -0.0590. The molecule has 0 spiro atoms. The predicted molar refractivity (Wildman–Crippen MR) is 135 cm³/mol. The maximum absolute atomic E-state index is 13.1. The Morgan fingerprint density at radius 3 is 2.12 bits per heavy atom. The number of carbonyl (C=O) groups excluding carboxylic acids is 1. The van der Waals surface area contributed by atoms with Gasteiger partial charge in [-0.2, -0.15) is 0 Å². The van der Waals surface area contributed by atoms with Gasteiger partial charge in [0.05, 0.1) is 10.6 Å². The van der Waals surface area contributed by atoms with Crippen molar-refractivity contribution in [3.8, 4) is 0 Å². The zero-order chi connectivity index (χ0) is 23.8. The highest BCUT2D eigenvalue weighted by atomic mass is 32.2. The molecule has 0 unspecified atom stereocenters. The Kier molecular flexibility index (Phi) is 8.14. The third-order valence-corrected chi connectivity index (χ3v) is 8.02. The molecule has 0 N–H and O–H groups in total. The minimum absolute atomic E-state index is 0.0172. The summed E-state index contributed by atoms with van der Waals surface area (Å²) < 4.78 is 25.2. The topological polar surface area (TPSA) is 57.7 Å². The van der Waals surface area contributed by atoms with E-state index in [9.17, 15) is 13.2 Å². The van der Waals surface area contributed by atoms with Crippen LogP contribution in [0.1, 0.15) is 34.3 Å². The number of benzene rings is 3. The van der Waals surface area contributed by atoms with Crippen LogP contribution < -0.4 is 0 Å². The molecule has 1 heterocycles. The summed E-state index contributed by atoms with van der Waals surface area (Å²) in [6, 6.07) is 26.0. The Hall–Kier alpha value is -2.96. The zero-order valence-electron chi connectivity index (χ0n) is 19.5. The molecule has 0 atom stereocenters. The molecule has 178 valence electrons. The number of nitrogens with zero attached hydrogens (tertiary/aromatic N) is 2. The number of amides is 1. The first kappa shape index (κ1) is 24.2. The Bertz CT molecular complexity index is 1160. The first-order valence-electron chi connectivity index (χ1n) is 11.9. The van der Waals surface area contributed by atoms with Crippen molar-refractivity contribution in [2.45, 2.75) is 29.9 Å². The molecule has 1 aliphatic heterocycles. The number of aryl methyl sites for hydroxylation is 1. The molecule has 1 amide bonds. The smallest absolute Gasteiger partial charge is 0.253 e. The van der Waals surface area contributed by atoms with Crippen molar-refractivity contribution in [3.63, 3.8) is 0 Å². The van der Waals surface area contributed by atoms with Gasteiger partial charge in [-0.1, -0.05) is 60.7 Å². The largest absolute Gasteiger partial charge is 0.337 e. The Labute approximate surface area is 202 Å². The Morgan fingerprint density at radius 2 is 1.41 bits per heavy atom. The van der Waals surface area contributed by atoms with E-state index in [1.54, 1.807) is 54.6 Å². The van der Waals surface area contributed by atoms with Crippen LogP contribution in [0.2, 0.25) is 0 Å². The Balaban J connectivity index is 1.29. The normalized spacial score (nSPS) is 15.1. The Morgan fingerprint density at radius 1 is 0.735 bits per heavy atom. The maximum Gasteiger partial charge on any atom is 0.253 e. The van der Waals surface area contributed by atoms with E-state index in [2.05, 4.69) is 29.2 Å². The molecule has 1 aliphatic rings. The number of hydrogen-bond donors (Lipinski definition) is 0. The van der Waals surface area contributed by atoms with Gasteiger partial charge in [0.25, 0.3) is 5.91 Å². The molecule has 34 heavy (non-hydrogen) atoms. The third kappa shape index (κ3) is 6.55. The minimum atomic E-state index is -3.40. The molecule has 0 radical (unpaired) electrons. The van der Waals surface area contributed by atoms with Crippen molar-refractivity contribution in [1.29, 1.82) is 0 Å². The van der Waals surface area contributed by atoms with Crippen LogP contribution in [-0.2, 0) is 22.0 Å². The molecule has 0 aromatic heterocycles. The van der Waals surface area contributed by atoms with Crippen molar-refractivity contribution in [3.05, 3.63) is 102 Å². The van der Waals surface area contributed by atoms with Gasteiger partial charge in [-0.05, 0) is 67.7 Å². The fourth-order valence-corrected chi connectivity index (χ4v) is 5.78. The van der Waals surface area contributed by atoms with E-state index in [0.717, 1.165) is 45.4 Å². The lowest BCUT2D eigenvalue weighted by Gasteiger charge is -2.22. The molecule has 1 fully saturated rings. The van der Waals surface area contributed by atoms with Gasteiger partial charge in [0.2, 0.25) is 0 Å². The molecule has 3 aromatic carbocycles. The van der Waals surface area contributed by atoms with Crippen LogP contribution in [0.5, 0.6) is 0 Å². The van der Waals surface area contributed by atoms with E-state index < -0.39 is 9.84 Å². The number of hydrogen-bond acceptors (Lipinski definition) is 4. The highest BCUT2D eigenvalue weighted by molar-refractivity contribution is 7.90. The second-order valence-electron chi connectivity index (χ2n) is 8.85. The van der Waals surface area contributed by atoms with Crippen LogP contribution in [-0.4, -0.2) is 56.8 Å². The minimum Gasteiger partial charge on any atom is -0.337 e. The van der Waals surface area contributed by atoms with Crippen molar-refractivity contribution < 1.29 is 13.2 Å². The van der Waals surface area contributed by atoms with Crippen molar-refractivity contribution in [2.75, 3.05) is 32.7 Å². The average Bonchev–Trinajstić information content (AvgIpc) is 3.11. The van der Waals surface area contributed by atoms with E-state index in [4.69, 9.17) is 0 Å². The van der Waals surface area contributed by atoms with E-state index in [1.165, 1.54) is 5.56 Å². The standard InChI is InChI=1S/C28H32N2O3S/c31-28(26-16-14-25(15-17-26)23-34(32,33)27-12-5-2-6-13-27)30-20-8-19-29(21-22-30)18-7-11-24-9-3-1-4-10-24/h1-6,9-10,12-17H,7-8,11,18-23H2. The fourth-order valence-electron chi connectivity index (χ4n) is 4.41. The lowest BCUT2D eigenvalue weighted by Crippen LogP contribution is -2.35. The van der Waals surface area contributed by atoms with Gasteiger partial charge < -0.3 is 9.80 Å². The van der Waals surface area contributed by atoms with E-state index in [-0.39, 0.29) is 11.7 Å². The summed E-state index contributed by atoms with van der Waals surface area (Å²) in [7, 11) is -3.40. The molecule has 0 saturated carbocycles. The maximum atomic E-state index is 13.1. The molecule has 1 saturated heterocycles. The monoisotopic (exact) mass is 476 g/mol. The summed E-state index contributed by atoms with van der Waals surface area (Å²) >= 11 is 0. The molecule has 4 rings (SSSR count). The SMILES string of the molecule is O=C(c1ccc(CS(=O)(=O)c2ccccc2)cc1)N1CCCN(CCCc2ccccc2)CC1. The highest BCUT2D eigenvalue weighted by Crippen LogP contribution is 2.18. The third-order valence-electron chi connectivity index (χ3n) is 6.32. The van der Waals surface area contributed by atoms with Gasteiger partial charge in [0.15, 0.2) is 9.84 Å². The van der Waals surface area contributed by atoms with E-state index in [1.807, 2.05) is 11.0 Å². The van der Waals surface area contributed by atoms with Crippen LogP contribution in [0, 0.1) is 0 Å². The summed E-state index contributed by atoms with van der Waals surface area (Å²) in [6.45, 7) is 4.40. The lowest BCUT2D eigenvalue weighted by molar-refractivity contribution is 0.0761. The molecule has 3 aromatic rings. The van der Waals surface area contributed by atoms with Crippen molar-refractivity contribution >= 4 is 15.7 Å². The highest BCUT2D eigenvalue weighted by Gasteiger charge is 2.21.